The van der Waals surface area contributed by atoms with Crippen LogP contribution < -0.4 is 0 Å². The lowest BCUT2D eigenvalue weighted by molar-refractivity contribution is 0.463. The first kappa shape index (κ1) is 20.9. The van der Waals surface area contributed by atoms with Gasteiger partial charge in [-0.05, 0) is 35.0 Å². The van der Waals surface area contributed by atoms with Gasteiger partial charge in [0.2, 0.25) is 0 Å². The molecule has 0 radical (unpaired) electrons. The van der Waals surface area contributed by atoms with Crippen LogP contribution in [0.4, 0.5) is 11.4 Å². The minimum atomic E-state index is -5.02. The lowest BCUT2D eigenvalue weighted by Crippen LogP contribution is -2.04. The SMILES string of the molecule is O=S(=O)([O-])c1cc(S(=O)(=O)O)c2c(N=Nc3cccc4ccccc34)c(O)ccc2c1. The summed E-state index contributed by atoms with van der Waals surface area (Å²) >= 11 is 0. The van der Waals surface area contributed by atoms with Gasteiger partial charge >= 0.3 is 0 Å². The van der Waals surface area contributed by atoms with E-state index in [0.717, 1.165) is 22.9 Å². The smallest absolute Gasteiger partial charge is 0.295 e. The van der Waals surface area contributed by atoms with Gasteiger partial charge in [0.15, 0.2) is 0 Å². The van der Waals surface area contributed by atoms with Crippen molar-refractivity contribution < 1.29 is 31.0 Å². The van der Waals surface area contributed by atoms with Crippen LogP contribution in [-0.4, -0.2) is 31.0 Å². The number of fused-ring (bicyclic) bond motifs is 2. The average molecular weight is 457 g/mol. The molecule has 0 amide bonds. The molecule has 0 bridgehead atoms. The van der Waals surface area contributed by atoms with Gasteiger partial charge in [0.1, 0.15) is 26.5 Å². The molecule has 9 nitrogen and oxygen atoms in total. The molecule has 0 saturated carbocycles. The Hall–Kier alpha value is -3.38. The van der Waals surface area contributed by atoms with E-state index in [-0.39, 0.29) is 16.5 Å². The van der Waals surface area contributed by atoms with Gasteiger partial charge in [-0.2, -0.15) is 8.42 Å². The molecule has 4 aromatic rings. The van der Waals surface area contributed by atoms with E-state index in [1.165, 1.54) is 6.07 Å². The summed E-state index contributed by atoms with van der Waals surface area (Å²) in [7, 11) is -10.0. The molecule has 0 aliphatic heterocycles. The van der Waals surface area contributed by atoms with Crippen LogP contribution in [0.2, 0.25) is 0 Å². The number of hydrogen-bond donors (Lipinski definition) is 2. The zero-order valence-electron chi connectivity index (χ0n) is 15.5. The normalized spacial score (nSPS) is 12.7. The number of hydrogen-bond acceptors (Lipinski definition) is 8. The third-order valence-corrected chi connectivity index (χ3v) is 6.29. The Labute approximate surface area is 176 Å². The topological polar surface area (TPSA) is 157 Å². The maximum Gasteiger partial charge on any atom is 0.295 e. The number of phenolic OH excluding ortho intramolecular Hbond substituents is 1. The molecular formula is C20H13N2O7S2-. The van der Waals surface area contributed by atoms with Crippen LogP contribution >= 0.6 is 0 Å². The minimum Gasteiger partial charge on any atom is -0.744 e. The van der Waals surface area contributed by atoms with Crippen molar-refractivity contribution in [1.82, 2.24) is 0 Å². The standard InChI is InChI=1S/C20H14N2O7S2/c23-17-9-8-13-10-14(30(24,25)26)11-18(31(27,28)29)19(13)20(17)22-21-16-7-3-5-12-4-1-2-6-15(12)16/h1-11,23H,(H,24,25,26)(H,27,28,29)/p-1. The second-order valence-corrected chi connectivity index (χ2v) is 9.35. The third-order valence-electron chi connectivity index (χ3n) is 4.60. The lowest BCUT2D eigenvalue weighted by atomic mass is 10.1. The van der Waals surface area contributed by atoms with Gasteiger partial charge < -0.3 is 9.66 Å². The van der Waals surface area contributed by atoms with Crippen molar-refractivity contribution in [3.63, 3.8) is 0 Å². The van der Waals surface area contributed by atoms with Gasteiger partial charge in [0.05, 0.1) is 10.6 Å². The molecule has 4 rings (SSSR count). The molecule has 0 saturated heterocycles. The van der Waals surface area contributed by atoms with E-state index >= 15 is 0 Å². The Morgan fingerprint density at radius 2 is 1.52 bits per heavy atom. The first-order valence-corrected chi connectivity index (χ1v) is 11.5. The van der Waals surface area contributed by atoms with E-state index in [0.29, 0.717) is 11.8 Å². The third kappa shape index (κ3) is 3.99. The van der Waals surface area contributed by atoms with Gasteiger partial charge in [0.25, 0.3) is 10.1 Å². The first-order chi connectivity index (χ1) is 14.6. The summed E-state index contributed by atoms with van der Waals surface area (Å²) in [5.74, 6) is -0.459. The van der Waals surface area contributed by atoms with Crippen molar-refractivity contribution >= 4 is 53.2 Å². The molecule has 0 atom stereocenters. The van der Waals surface area contributed by atoms with Gasteiger partial charge in [-0.25, -0.2) is 8.42 Å². The summed E-state index contributed by atoms with van der Waals surface area (Å²) in [5, 5.41) is 19.7. The van der Waals surface area contributed by atoms with Crippen molar-refractivity contribution in [2.45, 2.75) is 9.79 Å². The monoisotopic (exact) mass is 457 g/mol. The zero-order chi connectivity index (χ0) is 22.4. The van der Waals surface area contributed by atoms with E-state index in [1.807, 2.05) is 24.3 Å². The molecule has 11 heteroatoms. The van der Waals surface area contributed by atoms with E-state index in [9.17, 15) is 31.0 Å². The van der Waals surface area contributed by atoms with E-state index in [2.05, 4.69) is 10.2 Å². The highest BCUT2D eigenvalue weighted by molar-refractivity contribution is 7.86. The van der Waals surface area contributed by atoms with Crippen molar-refractivity contribution in [3.8, 4) is 5.75 Å². The van der Waals surface area contributed by atoms with Gasteiger partial charge in [-0.1, -0.05) is 42.5 Å². The Bertz CT molecular complexity index is 1590. The number of azo groups is 1. The van der Waals surface area contributed by atoms with Crippen LogP contribution in [-0.2, 0) is 20.2 Å². The molecule has 0 spiro atoms. The van der Waals surface area contributed by atoms with Gasteiger partial charge in [-0.15, -0.1) is 10.2 Å². The molecule has 4 aromatic carbocycles. The molecule has 2 N–H and O–H groups in total. The molecular weight excluding hydrogens is 444 g/mol. The lowest BCUT2D eigenvalue weighted by Gasteiger charge is -2.13. The van der Waals surface area contributed by atoms with E-state index < -0.39 is 35.8 Å². The second kappa shape index (κ2) is 7.39. The summed E-state index contributed by atoms with van der Waals surface area (Å²) in [4.78, 5) is -1.74. The van der Waals surface area contributed by atoms with E-state index in [1.54, 1.807) is 18.2 Å². The highest BCUT2D eigenvalue weighted by atomic mass is 32.2. The Kier molecular flexibility index (Phi) is 4.98. The molecule has 158 valence electrons. The average Bonchev–Trinajstić information content (AvgIpc) is 2.71. The van der Waals surface area contributed by atoms with Crippen LogP contribution in [0.5, 0.6) is 5.75 Å². The quantitative estimate of drug-likeness (QED) is 0.342. The Balaban J connectivity index is 2.02. The van der Waals surface area contributed by atoms with Gasteiger partial charge in [0, 0.05) is 10.8 Å². The maximum absolute atomic E-state index is 11.9. The molecule has 0 aliphatic carbocycles. The van der Waals surface area contributed by atoms with Gasteiger partial charge in [-0.3, -0.25) is 4.55 Å². The van der Waals surface area contributed by atoms with Crippen LogP contribution in [0.15, 0.2) is 86.7 Å². The highest BCUT2D eigenvalue weighted by Crippen LogP contribution is 2.41. The Morgan fingerprint density at radius 3 is 2.23 bits per heavy atom. The molecule has 0 fully saturated rings. The molecule has 0 unspecified atom stereocenters. The molecule has 0 aliphatic rings. The summed E-state index contributed by atoms with van der Waals surface area (Å²) in [5.41, 5.74) is 0.120. The first-order valence-electron chi connectivity index (χ1n) is 8.68. The molecule has 31 heavy (non-hydrogen) atoms. The maximum atomic E-state index is 11.9. The number of benzene rings is 4. The predicted molar refractivity (Wildman–Crippen MR) is 112 cm³/mol. The van der Waals surface area contributed by atoms with Crippen LogP contribution in [0.25, 0.3) is 21.5 Å². The number of phenols is 1. The molecule has 0 aromatic heterocycles. The predicted octanol–water partition coefficient (Wildman–Crippen LogP) is 4.26. The summed E-state index contributed by atoms with van der Waals surface area (Å²) in [6.07, 6.45) is 0. The molecule has 0 heterocycles. The van der Waals surface area contributed by atoms with E-state index in [4.69, 9.17) is 0 Å². The van der Waals surface area contributed by atoms with Crippen molar-refractivity contribution in [2.75, 3.05) is 0 Å². The largest absolute Gasteiger partial charge is 0.744 e. The van der Waals surface area contributed by atoms with Crippen molar-refractivity contribution in [3.05, 3.63) is 66.7 Å². The van der Waals surface area contributed by atoms with Crippen molar-refractivity contribution in [2.24, 2.45) is 10.2 Å². The number of nitrogens with zero attached hydrogens (tertiary/aromatic N) is 2. The number of aromatic hydroxyl groups is 1. The van der Waals surface area contributed by atoms with Crippen LogP contribution in [0.3, 0.4) is 0 Å². The zero-order valence-corrected chi connectivity index (χ0v) is 17.1. The summed E-state index contributed by atoms with van der Waals surface area (Å²) < 4.78 is 67.8. The van der Waals surface area contributed by atoms with Crippen molar-refractivity contribution in [1.29, 1.82) is 0 Å². The van der Waals surface area contributed by atoms with Crippen LogP contribution in [0, 0.1) is 0 Å². The minimum absolute atomic E-state index is 0.0470. The fourth-order valence-electron chi connectivity index (χ4n) is 3.22. The summed E-state index contributed by atoms with van der Waals surface area (Å²) in [6.45, 7) is 0. The highest BCUT2D eigenvalue weighted by Gasteiger charge is 2.22. The summed E-state index contributed by atoms with van der Waals surface area (Å²) in [6, 6.07) is 16.4. The fraction of sp³-hybridized carbons (Fsp3) is 0. The Morgan fingerprint density at radius 1 is 0.806 bits per heavy atom. The second-order valence-electron chi connectivity index (χ2n) is 6.58. The number of rotatable bonds is 4. The van der Waals surface area contributed by atoms with Crippen LogP contribution in [0.1, 0.15) is 0 Å². The fourth-order valence-corrected chi connectivity index (χ4v) is 4.58.